The van der Waals surface area contributed by atoms with Crippen molar-refractivity contribution in [3.05, 3.63) is 78.0 Å². The van der Waals surface area contributed by atoms with Gasteiger partial charge in [0.25, 0.3) is 6.20 Å². The lowest BCUT2D eigenvalue weighted by atomic mass is 10.2. The second-order valence-corrected chi connectivity index (χ2v) is 8.34. The lowest BCUT2D eigenvalue weighted by Crippen LogP contribution is -2.65. The molecule has 0 radical (unpaired) electrons. The summed E-state index contributed by atoms with van der Waals surface area (Å²) in [6.45, 7) is 2.15. The van der Waals surface area contributed by atoms with Crippen LogP contribution in [0.4, 0.5) is 10.7 Å². The number of aromatic nitrogens is 2. The Labute approximate surface area is 200 Å². The topological polar surface area (TPSA) is 115 Å². The lowest BCUT2D eigenvalue weighted by molar-refractivity contribution is -0.759. The van der Waals surface area contributed by atoms with Crippen molar-refractivity contribution in [3.63, 3.8) is 0 Å². The number of thioether (sulfide) groups is 1. The van der Waals surface area contributed by atoms with Gasteiger partial charge in [-0.2, -0.15) is 0 Å². The molecule has 1 fully saturated rings. The molecule has 0 N–H and O–H groups in total. The molecule has 1 saturated heterocycles. The molecule has 1 aliphatic rings. The number of piperazine rings is 1. The van der Waals surface area contributed by atoms with Gasteiger partial charge in [-0.15, -0.1) is 5.01 Å². The summed E-state index contributed by atoms with van der Waals surface area (Å²) in [4.78, 5) is 31.3. The molecule has 2 aromatic carbocycles. The molecular weight excluding hydrogens is 458 g/mol. The van der Waals surface area contributed by atoms with E-state index in [4.69, 9.17) is 9.26 Å². The molecule has 0 atom stereocenters. The van der Waals surface area contributed by atoms with E-state index in [-0.39, 0.29) is 29.5 Å². The zero-order chi connectivity index (χ0) is 23.8. The Morgan fingerprint density at radius 2 is 1.74 bits per heavy atom. The molecule has 0 aliphatic carbocycles. The van der Waals surface area contributed by atoms with E-state index in [0.717, 1.165) is 17.3 Å². The van der Waals surface area contributed by atoms with Gasteiger partial charge < -0.3 is 14.7 Å². The predicted molar refractivity (Wildman–Crippen MR) is 123 cm³/mol. The van der Waals surface area contributed by atoms with Crippen molar-refractivity contribution in [2.75, 3.05) is 36.9 Å². The summed E-state index contributed by atoms with van der Waals surface area (Å²) in [6, 6.07) is 18.2. The summed E-state index contributed by atoms with van der Waals surface area (Å²) in [5.41, 5.74) is 1.46. The van der Waals surface area contributed by atoms with E-state index >= 15 is 0 Å². The van der Waals surface area contributed by atoms with Crippen molar-refractivity contribution in [1.29, 1.82) is 0 Å². The highest BCUT2D eigenvalue weighted by Gasteiger charge is 2.28. The van der Waals surface area contributed by atoms with Crippen molar-refractivity contribution in [2.24, 2.45) is 4.99 Å². The quantitative estimate of drug-likeness (QED) is 0.283. The molecule has 1 aromatic heterocycles. The third kappa shape index (κ3) is 6.35. The van der Waals surface area contributed by atoms with Gasteiger partial charge in [0.1, 0.15) is 6.61 Å². The number of rotatable bonds is 7. The highest BCUT2D eigenvalue weighted by molar-refractivity contribution is 8.14. The number of amides is 1. The van der Waals surface area contributed by atoms with Crippen LogP contribution in [-0.4, -0.2) is 59.2 Å². The van der Waals surface area contributed by atoms with Gasteiger partial charge in [0.2, 0.25) is 10.4 Å². The maximum atomic E-state index is 12.3. The summed E-state index contributed by atoms with van der Waals surface area (Å²) in [7, 11) is 0. The Morgan fingerprint density at radius 3 is 2.44 bits per heavy atom. The fraction of sp³-hybridized carbons (Fsp3) is 0.261. The lowest BCUT2D eigenvalue weighted by Gasteiger charge is -2.29. The van der Waals surface area contributed by atoms with E-state index < -0.39 is 5.90 Å². The van der Waals surface area contributed by atoms with Crippen molar-refractivity contribution < 1.29 is 28.7 Å². The Kier molecular flexibility index (Phi) is 7.76. The van der Waals surface area contributed by atoms with Crippen LogP contribution in [0.3, 0.4) is 0 Å². The minimum absolute atomic E-state index is 0.0439. The first kappa shape index (κ1) is 23.3. The second-order valence-electron chi connectivity index (χ2n) is 7.39. The second kappa shape index (κ2) is 11.3. The molecule has 0 saturated carbocycles. The number of ether oxygens (including phenoxy) is 1. The first-order valence-electron chi connectivity index (χ1n) is 10.6. The molecule has 176 valence electrons. The molecule has 1 aliphatic heterocycles. The number of aliphatic imine (C=N–C) groups is 1. The van der Waals surface area contributed by atoms with Gasteiger partial charge in [-0.05, 0) is 11.5 Å². The van der Waals surface area contributed by atoms with Crippen LogP contribution < -0.4 is 14.9 Å². The molecule has 4 rings (SSSR count). The van der Waals surface area contributed by atoms with Gasteiger partial charge in [-0.1, -0.05) is 72.4 Å². The minimum atomic E-state index is -0.497. The molecule has 0 spiro atoms. The van der Waals surface area contributed by atoms with Gasteiger partial charge in [-0.25, -0.2) is 9.79 Å². The summed E-state index contributed by atoms with van der Waals surface area (Å²) in [5, 5.41) is 17.7. The van der Waals surface area contributed by atoms with E-state index in [1.54, 1.807) is 29.2 Å². The average molecular weight is 482 g/mol. The van der Waals surface area contributed by atoms with Crippen LogP contribution >= 0.6 is 11.8 Å². The normalized spacial score (nSPS) is 14.2. The van der Waals surface area contributed by atoms with Crippen LogP contribution in [0.2, 0.25) is 0 Å². The van der Waals surface area contributed by atoms with Crippen molar-refractivity contribution in [2.45, 2.75) is 6.61 Å². The molecule has 0 unspecified atom stereocenters. The van der Waals surface area contributed by atoms with Gasteiger partial charge in [0, 0.05) is 24.4 Å². The fourth-order valence-corrected chi connectivity index (χ4v) is 3.87. The average Bonchev–Trinajstić information content (AvgIpc) is 3.35. The molecule has 10 nitrogen and oxygen atoms in total. The minimum Gasteiger partial charge on any atom is -0.861 e. The van der Waals surface area contributed by atoms with Crippen LogP contribution in [-0.2, 0) is 11.3 Å². The van der Waals surface area contributed by atoms with Crippen LogP contribution in [0.1, 0.15) is 15.9 Å². The zero-order valence-electron chi connectivity index (χ0n) is 18.3. The molecule has 34 heavy (non-hydrogen) atoms. The smallest absolute Gasteiger partial charge is 0.410 e. The maximum absolute atomic E-state index is 12.3. The molecule has 1 amide bonds. The summed E-state index contributed by atoms with van der Waals surface area (Å²) in [6.07, 6.45) is 1.13. The van der Waals surface area contributed by atoms with Crippen molar-refractivity contribution >= 4 is 34.8 Å². The first-order chi connectivity index (χ1) is 16.6. The number of carbonyl (C=O) groups is 2. The predicted octanol–water partition coefficient (Wildman–Crippen LogP) is 1.52. The van der Waals surface area contributed by atoms with Crippen LogP contribution in [0, 0.1) is 0 Å². The van der Waals surface area contributed by atoms with E-state index in [1.165, 1.54) is 11.0 Å². The van der Waals surface area contributed by atoms with Gasteiger partial charge in [0.15, 0.2) is 0 Å². The van der Waals surface area contributed by atoms with E-state index in [9.17, 15) is 14.7 Å². The van der Waals surface area contributed by atoms with Crippen LogP contribution in [0.25, 0.3) is 0 Å². The number of nitrogens with zero attached hydrogens (tertiary/aromatic N) is 5. The van der Waals surface area contributed by atoms with Gasteiger partial charge in [-0.3, -0.25) is 9.32 Å². The Morgan fingerprint density at radius 1 is 1.06 bits per heavy atom. The monoisotopic (exact) mass is 481 g/mol. The first-order valence-corrected chi connectivity index (χ1v) is 11.6. The highest BCUT2D eigenvalue weighted by Crippen LogP contribution is 2.13. The third-order valence-electron chi connectivity index (χ3n) is 5.02. The van der Waals surface area contributed by atoms with Crippen molar-refractivity contribution in [1.82, 2.24) is 10.2 Å². The molecule has 3 aromatic rings. The van der Waals surface area contributed by atoms with Crippen LogP contribution in [0.5, 0.6) is 0 Å². The molecule has 11 heteroatoms. The number of benzene rings is 2. The van der Waals surface area contributed by atoms with Gasteiger partial charge in [0.05, 0.1) is 17.9 Å². The number of hydrogen-bond donors (Lipinski definition) is 0. The van der Waals surface area contributed by atoms with E-state index in [0.29, 0.717) is 31.7 Å². The summed E-state index contributed by atoms with van der Waals surface area (Å²) < 4.78 is 10.5. The van der Waals surface area contributed by atoms with E-state index in [1.807, 2.05) is 41.4 Å². The van der Waals surface area contributed by atoms with E-state index in [2.05, 4.69) is 10.3 Å². The zero-order valence-corrected chi connectivity index (χ0v) is 19.1. The molecular formula is C23H23N5O5S. The third-order valence-corrected chi connectivity index (χ3v) is 5.91. The summed E-state index contributed by atoms with van der Waals surface area (Å²) >= 11 is 0.886. The Bertz CT molecular complexity index is 1130. The summed E-state index contributed by atoms with van der Waals surface area (Å²) in [5.74, 6) is -0.552. The Hall–Kier alpha value is -3.86. The SMILES string of the molecule is O=C(SCC([O-])=Nc1c[n+](N2CCN(C(=O)OCc3ccccc3)CC2)no1)c1ccccc1. The Balaban J connectivity index is 1.23. The number of carbonyl (C=O) groups excluding carboxylic acids is 2. The standard InChI is InChI=1S/C23H23N5O5S/c29-20(17-34-22(30)19-9-5-2-6-10-19)24-21-15-28(25-33-21)27-13-11-26(12-14-27)23(31)32-16-18-7-3-1-4-8-18/h1-10,15H,11-14,16-17H2. The highest BCUT2D eigenvalue weighted by atomic mass is 32.2. The fourth-order valence-electron chi connectivity index (χ4n) is 3.25. The van der Waals surface area contributed by atoms with Crippen molar-refractivity contribution in [3.8, 4) is 0 Å². The largest absolute Gasteiger partial charge is 0.861 e. The van der Waals surface area contributed by atoms with Crippen LogP contribution in [0.15, 0.2) is 76.4 Å². The maximum Gasteiger partial charge on any atom is 0.410 e. The molecule has 0 bridgehead atoms. The van der Waals surface area contributed by atoms with Gasteiger partial charge >= 0.3 is 12.0 Å². The molecule has 2 heterocycles. The number of hydrogen-bond acceptors (Lipinski definition) is 9.